The molecule has 0 spiro atoms. The average Bonchev–Trinajstić information content (AvgIpc) is 3.19. The lowest BCUT2D eigenvalue weighted by Gasteiger charge is -2.10. The molecule has 1 aliphatic carbocycles. The van der Waals surface area contributed by atoms with Gasteiger partial charge in [0.15, 0.2) is 5.78 Å². The van der Waals surface area contributed by atoms with E-state index in [1.165, 1.54) is 64.9 Å². The Balaban J connectivity index is 2.17. The third-order valence-corrected chi connectivity index (χ3v) is 6.36. The maximum atomic E-state index is 12.2. The number of ether oxygens (including phenoxy) is 1. The van der Waals surface area contributed by atoms with E-state index < -0.39 is 6.10 Å². The minimum Gasteiger partial charge on any atom is -0.469 e. The number of rotatable bonds is 20. The first-order valence-corrected chi connectivity index (χ1v) is 13.6. The highest BCUT2D eigenvalue weighted by atomic mass is 16.5. The molecule has 0 aliphatic heterocycles. The molecular weight excluding hydrogens is 424 g/mol. The highest BCUT2D eigenvalue weighted by molar-refractivity contribution is 6.07. The van der Waals surface area contributed by atoms with Crippen LogP contribution in [0.25, 0.3) is 0 Å². The van der Waals surface area contributed by atoms with E-state index in [9.17, 15) is 14.7 Å². The molecule has 192 valence electrons. The molecule has 2 atom stereocenters. The fraction of sp³-hybridized carbons (Fsp3) is 0.667. The number of ketones is 1. The van der Waals surface area contributed by atoms with Crippen LogP contribution in [0.15, 0.2) is 48.1 Å². The molecule has 0 aromatic heterocycles. The van der Waals surface area contributed by atoms with Crippen molar-refractivity contribution in [1.82, 2.24) is 0 Å². The van der Waals surface area contributed by atoms with Crippen molar-refractivity contribution in [3.8, 4) is 0 Å². The largest absolute Gasteiger partial charge is 0.469 e. The maximum absolute atomic E-state index is 12.2. The average molecular weight is 473 g/mol. The van der Waals surface area contributed by atoms with Crippen molar-refractivity contribution in [3.05, 3.63) is 48.1 Å². The van der Waals surface area contributed by atoms with Crippen LogP contribution in [-0.4, -0.2) is 30.1 Å². The number of aliphatic hydroxyl groups excluding tert-OH is 1. The zero-order valence-corrected chi connectivity index (χ0v) is 21.7. The minimum absolute atomic E-state index is 0.0530. The summed E-state index contributed by atoms with van der Waals surface area (Å²) < 4.78 is 4.64. The first-order chi connectivity index (χ1) is 16.6. The summed E-state index contributed by atoms with van der Waals surface area (Å²) in [6.45, 7) is 2.26. The third-order valence-electron chi connectivity index (χ3n) is 6.36. The van der Waals surface area contributed by atoms with Crippen molar-refractivity contribution >= 4 is 11.8 Å². The van der Waals surface area contributed by atoms with Crippen LogP contribution < -0.4 is 0 Å². The summed E-state index contributed by atoms with van der Waals surface area (Å²) in [5, 5.41) is 10.3. The number of carbonyl (C=O) groups is 2. The molecule has 4 nitrogen and oxygen atoms in total. The van der Waals surface area contributed by atoms with Crippen LogP contribution in [0.5, 0.6) is 0 Å². The maximum Gasteiger partial charge on any atom is 0.305 e. The number of esters is 1. The Morgan fingerprint density at radius 2 is 1.59 bits per heavy atom. The van der Waals surface area contributed by atoms with Gasteiger partial charge in [-0.15, -0.1) is 0 Å². The molecule has 0 unspecified atom stereocenters. The molecule has 0 heterocycles. The number of hydrogen-bond acceptors (Lipinski definition) is 4. The fourth-order valence-electron chi connectivity index (χ4n) is 4.17. The number of methoxy groups -OCH3 is 1. The van der Waals surface area contributed by atoms with E-state index >= 15 is 0 Å². The van der Waals surface area contributed by atoms with Crippen molar-refractivity contribution in [2.75, 3.05) is 7.11 Å². The number of hydrogen-bond donors (Lipinski definition) is 1. The molecule has 0 aromatic rings. The first kappa shape index (κ1) is 30.1. The molecule has 0 saturated heterocycles. The number of carbonyl (C=O) groups excluding carboxylic acids is 2. The lowest BCUT2D eigenvalue weighted by molar-refractivity contribution is -0.140. The highest BCUT2D eigenvalue weighted by Crippen LogP contribution is 2.26. The summed E-state index contributed by atoms with van der Waals surface area (Å²) in [5.74, 6) is -0.0456. The molecular formula is C30H48O4. The van der Waals surface area contributed by atoms with Gasteiger partial charge < -0.3 is 9.84 Å². The number of allylic oxidation sites excluding steroid dienone is 6. The Morgan fingerprint density at radius 3 is 2.29 bits per heavy atom. The van der Waals surface area contributed by atoms with Gasteiger partial charge >= 0.3 is 5.97 Å². The van der Waals surface area contributed by atoms with Gasteiger partial charge in [0.2, 0.25) is 0 Å². The van der Waals surface area contributed by atoms with Crippen molar-refractivity contribution in [1.29, 1.82) is 0 Å². The second-order valence-corrected chi connectivity index (χ2v) is 9.38. The SMILES string of the molecule is CCCCCCCCCCC/C=C\C[C@H](O)C/C=C1/C(=O)C=C[C@@H]1C/C=C\CCCC(=O)OC. The van der Waals surface area contributed by atoms with E-state index in [1.54, 1.807) is 6.08 Å². The number of unbranched alkanes of at least 4 members (excludes halogenated alkanes) is 10. The van der Waals surface area contributed by atoms with Crippen molar-refractivity contribution < 1.29 is 19.4 Å². The first-order valence-electron chi connectivity index (χ1n) is 13.6. The van der Waals surface area contributed by atoms with Crippen LogP contribution in [0.2, 0.25) is 0 Å². The zero-order chi connectivity index (χ0) is 24.9. The van der Waals surface area contributed by atoms with E-state index in [0.29, 0.717) is 19.3 Å². The second-order valence-electron chi connectivity index (χ2n) is 9.38. The van der Waals surface area contributed by atoms with Crippen molar-refractivity contribution in [3.63, 3.8) is 0 Å². The van der Waals surface area contributed by atoms with Gasteiger partial charge in [-0.2, -0.15) is 0 Å². The lowest BCUT2D eigenvalue weighted by atomic mass is 9.96. The van der Waals surface area contributed by atoms with Crippen LogP contribution >= 0.6 is 0 Å². The standard InChI is InChI=1S/C30H48O4/c1-3-4-5-6-7-8-9-10-11-12-13-17-20-27(31)23-24-28-26(22-25-29(28)32)19-16-14-15-18-21-30(33)34-2/h13-14,16-17,22,24-27,31H,3-12,15,18-21,23H2,1-2H3/b16-14-,17-13-,28-24+/t26-,27-/m0/s1. The molecule has 0 amide bonds. The van der Waals surface area contributed by atoms with Crippen LogP contribution in [0, 0.1) is 5.92 Å². The van der Waals surface area contributed by atoms with Crippen LogP contribution in [0.3, 0.4) is 0 Å². The van der Waals surface area contributed by atoms with Gasteiger partial charge in [-0.1, -0.05) is 94.7 Å². The van der Waals surface area contributed by atoms with E-state index in [4.69, 9.17) is 0 Å². The fourth-order valence-corrected chi connectivity index (χ4v) is 4.17. The molecule has 1 aliphatic rings. The van der Waals surface area contributed by atoms with Crippen LogP contribution in [-0.2, 0) is 14.3 Å². The van der Waals surface area contributed by atoms with E-state index in [-0.39, 0.29) is 17.7 Å². The normalized spacial score (nSPS) is 18.0. The molecule has 0 radical (unpaired) electrons. The molecule has 0 saturated carbocycles. The Kier molecular flexibility index (Phi) is 18.1. The molecule has 1 rings (SSSR count). The highest BCUT2D eigenvalue weighted by Gasteiger charge is 2.21. The van der Waals surface area contributed by atoms with Crippen molar-refractivity contribution in [2.24, 2.45) is 5.92 Å². The Labute approximate surface area is 208 Å². The Hall–Kier alpha value is -1.94. The van der Waals surface area contributed by atoms with Gasteiger partial charge in [-0.3, -0.25) is 9.59 Å². The van der Waals surface area contributed by atoms with Gasteiger partial charge in [-0.05, 0) is 51.0 Å². The van der Waals surface area contributed by atoms with Gasteiger partial charge in [0, 0.05) is 17.9 Å². The summed E-state index contributed by atoms with van der Waals surface area (Å²) >= 11 is 0. The zero-order valence-electron chi connectivity index (χ0n) is 21.7. The monoisotopic (exact) mass is 472 g/mol. The molecule has 0 aromatic carbocycles. The Bertz CT molecular complexity index is 671. The molecule has 4 heteroatoms. The quantitative estimate of drug-likeness (QED) is 0.0858. The smallest absolute Gasteiger partial charge is 0.305 e. The van der Waals surface area contributed by atoms with Gasteiger partial charge in [0.05, 0.1) is 13.2 Å². The van der Waals surface area contributed by atoms with Crippen LogP contribution in [0.1, 0.15) is 110 Å². The molecule has 0 bridgehead atoms. The summed E-state index contributed by atoms with van der Waals surface area (Å²) in [6, 6.07) is 0. The topological polar surface area (TPSA) is 63.6 Å². The van der Waals surface area contributed by atoms with E-state index in [2.05, 4.69) is 36.0 Å². The number of aliphatic hydroxyl groups is 1. The predicted molar refractivity (Wildman–Crippen MR) is 142 cm³/mol. The Morgan fingerprint density at radius 1 is 0.941 bits per heavy atom. The predicted octanol–water partition coefficient (Wildman–Crippen LogP) is 7.58. The summed E-state index contributed by atoms with van der Waals surface area (Å²) in [4.78, 5) is 23.3. The van der Waals surface area contributed by atoms with Crippen LogP contribution in [0.4, 0.5) is 0 Å². The minimum atomic E-state index is -0.449. The second kappa shape index (κ2) is 20.4. The van der Waals surface area contributed by atoms with E-state index in [1.807, 2.05) is 12.2 Å². The molecule has 34 heavy (non-hydrogen) atoms. The van der Waals surface area contributed by atoms with Gasteiger partial charge in [0.1, 0.15) is 0 Å². The van der Waals surface area contributed by atoms with Crippen molar-refractivity contribution in [2.45, 2.75) is 116 Å². The summed E-state index contributed by atoms with van der Waals surface area (Å²) in [5.41, 5.74) is 0.789. The summed E-state index contributed by atoms with van der Waals surface area (Å²) in [7, 11) is 1.40. The van der Waals surface area contributed by atoms with Gasteiger partial charge in [-0.25, -0.2) is 0 Å². The molecule has 1 N–H and O–H groups in total. The van der Waals surface area contributed by atoms with E-state index in [0.717, 1.165) is 31.3 Å². The lowest BCUT2D eigenvalue weighted by Crippen LogP contribution is -2.07. The third kappa shape index (κ3) is 15.1. The van der Waals surface area contributed by atoms with Gasteiger partial charge in [0.25, 0.3) is 0 Å². The summed E-state index contributed by atoms with van der Waals surface area (Å²) in [6.07, 6.45) is 30.5. The molecule has 0 fully saturated rings.